The summed E-state index contributed by atoms with van der Waals surface area (Å²) in [7, 11) is 1.38. The average Bonchev–Trinajstić information content (AvgIpc) is 2.84. The molecule has 2 aromatic rings. The van der Waals surface area contributed by atoms with E-state index in [0.717, 1.165) is 0 Å². The normalized spacial score (nSPS) is 37.8. The van der Waals surface area contributed by atoms with Gasteiger partial charge in [0.15, 0.2) is 17.8 Å². The molecule has 0 aliphatic carbocycles. The molecule has 2 aliphatic rings. The lowest BCUT2D eigenvalue weighted by Crippen LogP contribution is -2.61. The molecule has 13 nitrogen and oxygen atoms in total. The summed E-state index contributed by atoms with van der Waals surface area (Å²) >= 11 is 0. The number of aliphatic hydroxyl groups excluding tert-OH is 6. The molecule has 0 saturated carbocycles. The fourth-order valence-electron chi connectivity index (χ4n) is 3.94. The van der Waals surface area contributed by atoms with Crippen molar-refractivity contribution < 1.29 is 58.7 Å². The summed E-state index contributed by atoms with van der Waals surface area (Å²) in [4.78, 5) is 11.6. The number of hydrogen-bond donors (Lipinski definition) is 6. The van der Waals surface area contributed by atoms with Crippen molar-refractivity contribution >= 4 is 11.0 Å². The highest BCUT2D eigenvalue weighted by Gasteiger charge is 2.47. The van der Waals surface area contributed by atoms with Gasteiger partial charge in [0, 0.05) is 17.5 Å². The van der Waals surface area contributed by atoms with E-state index in [9.17, 15) is 35.4 Å². The number of aliphatic hydroxyl groups is 6. The minimum Gasteiger partial charge on any atom is -0.493 e. The van der Waals surface area contributed by atoms with Gasteiger partial charge in [0.2, 0.25) is 6.29 Å². The van der Waals surface area contributed by atoms with E-state index < -0.39 is 73.6 Å². The number of hydrogen-bond acceptors (Lipinski definition) is 13. The zero-order chi connectivity index (χ0) is 25.4. The van der Waals surface area contributed by atoms with Gasteiger partial charge >= 0.3 is 5.63 Å². The molecule has 2 fully saturated rings. The van der Waals surface area contributed by atoms with Gasteiger partial charge in [0.05, 0.1) is 19.8 Å². The van der Waals surface area contributed by atoms with Gasteiger partial charge in [-0.15, -0.1) is 0 Å². The molecule has 4 rings (SSSR count). The molecular formula is C22H28O13. The highest BCUT2D eigenvalue weighted by Crippen LogP contribution is 2.35. The molecule has 0 radical (unpaired) electrons. The van der Waals surface area contributed by atoms with Crippen LogP contribution in [0.25, 0.3) is 11.0 Å². The van der Waals surface area contributed by atoms with Gasteiger partial charge < -0.3 is 58.7 Å². The van der Waals surface area contributed by atoms with E-state index in [1.54, 1.807) is 0 Å². The number of fused-ring (bicyclic) bond motifs is 1. The van der Waals surface area contributed by atoms with Crippen molar-refractivity contribution in [2.45, 2.75) is 68.3 Å². The maximum Gasteiger partial charge on any atom is 0.336 e. The van der Waals surface area contributed by atoms with Crippen molar-refractivity contribution in [2.75, 3.05) is 13.7 Å². The van der Waals surface area contributed by atoms with Crippen LogP contribution in [0.1, 0.15) is 6.92 Å². The Bertz CT molecular complexity index is 1070. The summed E-state index contributed by atoms with van der Waals surface area (Å²) in [5.74, 6) is 0.245. The van der Waals surface area contributed by atoms with Gasteiger partial charge in [0.25, 0.3) is 0 Å². The first-order valence-corrected chi connectivity index (χ1v) is 10.9. The smallest absolute Gasteiger partial charge is 0.336 e. The van der Waals surface area contributed by atoms with Crippen molar-refractivity contribution in [1.29, 1.82) is 0 Å². The van der Waals surface area contributed by atoms with Crippen molar-refractivity contribution in [1.82, 2.24) is 0 Å². The summed E-state index contributed by atoms with van der Waals surface area (Å²) in [6.45, 7) is 1.04. The van der Waals surface area contributed by atoms with Crippen LogP contribution in [0.15, 0.2) is 33.5 Å². The Morgan fingerprint density at radius 2 is 1.51 bits per heavy atom. The Morgan fingerprint density at radius 1 is 0.829 bits per heavy atom. The second-order valence-electron chi connectivity index (χ2n) is 8.44. The van der Waals surface area contributed by atoms with Crippen molar-refractivity contribution in [2.24, 2.45) is 0 Å². The Balaban J connectivity index is 1.50. The van der Waals surface area contributed by atoms with Crippen molar-refractivity contribution in [3.05, 3.63) is 34.7 Å². The van der Waals surface area contributed by atoms with E-state index in [1.165, 1.54) is 38.3 Å². The average molecular weight is 500 g/mol. The highest BCUT2D eigenvalue weighted by molar-refractivity contribution is 5.80. The fourth-order valence-corrected chi connectivity index (χ4v) is 3.94. The maximum absolute atomic E-state index is 11.6. The highest BCUT2D eigenvalue weighted by atomic mass is 16.7. The zero-order valence-corrected chi connectivity index (χ0v) is 18.8. The predicted octanol–water partition coefficient (Wildman–Crippen LogP) is -2.17. The molecule has 3 heterocycles. The van der Waals surface area contributed by atoms with Crippen LogP contribution in [0, 0.1) is 0 Å². The third-order valence-electron chi connectivity index (χ3n) is 6.05. The third kappa shape index (κ3) is 5.14. The molecule has 0 unspecified atom stereocenters. The van der Waals surface area contributed by atoms with Gasteiger partial charge in [-0.3, -0.25) is 0 Å². The number of benzene rings is 1. The first kappa shape index (κ1) is 25.8. The van der Waals surface area contributed by atoms with Crippen LogP contribution < -0.4 is 15.1 Å². The largest absolute Gasteiger partial charge is 0.493 e. The van der Waals surface area contributed by atoms with Crippen molar-refractivity contribution in [3.63, 3.8) is 0 Å². The second kappa shape index (κ2) is 10.3. The van der Waals surface area contributed by atoms with Crippen LogP contribution in [-0.4, -0.2) is 106 Å². The first-order chi connectivity index (χ1) is 16.6. The number of rotatable bonds is 6. The quantitative estimate of drug-likeness (QED) is 0.235. The summed E-state index contributed by atoms with van der Waals surface area (Å²) in [6, 6.07) is 5.67. The van der Waals surface area contributed by atoms with E-state index in [0.29, 0.717) is 5.39 Å². The van der Waals surface area contributed by atoms with Crippen LogP contribution in [0.3, 0.4) is 0 Å². The van der Waals surface area contributed by atoms with E-state index in [2.05, 4.69) is 0 Å². The van der Waals surface area contributed by atoms with Gasteiger partial charge in [0.1, 0.15) is 48.3 Å². The number of methoxy groups -OCH3 is 1. The second-order valence-corrected chi connectivity index (χ2v) is 8.44. The topological polar surface area (TPSA) is 198 Å². The minimum absolute atomic E-state index is 0.0265. The molecular weight excluding hydrogens is 472 g/mol. The van der Waals surface area contributed by atoms with Crippen LogP contribution in [-0.2, 0) is 14.2 Å². The lowest BCUT2D eigenvalue weighted by Gasteiger charge is -2.42. The molecule has 194 valence electrons. The fraction of sp³-hybridized carbons (Fsp3) is 0.591. The van der Waals surface area contributed by atoms with Crippen LogP contribution in [0.5, 0.6) is 11.5 Å². The molecule has 10 atom stereocenters. The molecule has 6 N–H and O–H groups in total. The van der Waals surface area contributed by atoms with E-state index in [-0.39, 0.29) is 17.1 Å². The Morgan fingerprint density at radius 3 is 2.23 bits per heavy atom. The van der Waals surface area contributed by atoms with Crippen molar-refractivity contribution in [3.8, 4) is 11.5 Å². The van der Waals surface area contributed by atoms with Crippen LogP contribution in [0.2, 0.25) is 0 Å². The molecule has 2 aliphatic heterocycles. The molecule has 2 saturated heterocycles. The lowest BCUT2D eigenvalue weighted by molar-refractivity contribution is -0.318. The molecule has 13 heteroatoms. The maximum atomic E-state index is 11.6. The van der Waals surface area contributed by atoms with Gasteiger partial charge in [-0.05, 0) is 19.1 Å². The summed E-state index contributed by atoms with van der Waals surface area (Å²) in [6.07, 6.45) is -14.4. The van der Waals surface area contributed by atoms with Gasteiger partial charge in [-0.1, -0.05) is 0 Å². The SMILES string of the molecule is COc1cc2ccc(=O)oc2cc1O[C@@H]1O[C@@H](CO[C@@H]2O[C@H](C)[C@H](O)[C@@H](O)[C@H]2O)[C@@H](O)[C@H](O)[C@H]1O. The lowest BCUT2D eigenvalue weighted by atomic mass is 9.98. The molecule has 1 aromatic carbocycles. The monoisotopic (exact) mass is 500 g/mol. The number of ether oxygens (including phenoxy) is 5. The Labute approximate surface area is 198 Å². The van der Waals surface area contributed by atoms with E-state index in [1.807, 2.05) is 0 Å². The van der Waals surface area contributed by atoms with E-state index >= 15 is 0 Å². The molecule has 0 spiro atoms. The Kier molecular flexibility index (Phi) is 7.61. The molecule has 35 heavy (non-hydrogen) atoms. The standard InChI is InChI=1S/C22H28O13/c1-8-15(24)17(26)19(28)21(32-8)31-7-13-16(25)18(27)20(29)22(35-13)34-12-6-10-9(5-11(12)30-2)3-4-14(23)33-10/h3-6,8,13,15-22,24-29H,7H2,1-2H3/t8-,13+,15+,16-,17-,18+,19-,20-,21-,22-/m1/s1. The molecule has 0 amide bonds. The van der Waals surface area contributed by atoms with E-state index in [4.69, 9.17) is 28.1 Å². The first-order valence-electron chi connectivity index (χ1n) is 10.9. The van der Waals surface area contributed by atoms with Crippen LogP contribution >= 0.6 is 0 Å². The predicted molar refractivity (Wildman–Crippen MR) is 115 cm³/mol. The molecule has 0 bridgehead atoms. The van der Waals surface area contributed by atoms with Crippen LogP contribution in [0.4, 0.5) is 0 Å². The summed E-state index contributed by atoms with van der Waals surface area (Å²) in [5.41, 5.74) is -0.408. The summed E-state index contributed by atoms with van der Waals surface area (Å²) in [5, 5.41) is 61.5. The minimum atomic E-state index is -1.70. The van der Waals surface area contributed by atoms with Gasteiger partial charge in [-0.25, -0.2) is 4.79 Å². The van der Waals surface area contributed by atoms with Gasteiger partial charge in [-0.2, -0.15) is 0 Å². The Hall–Kier alpha value is -2.33. The summed E-state index contributed by atoms with van der Waals surface area (Å²) < 4.78 is 32.5. The zero-order valence-electron chi connectivity index (χ0n) is 18.8. The molecule has 1 aromatic heterocycles. The third-order valence-corrected chi connectivity index (χ3v) is 6.05.